The minimum atomic E-state index is -3.64. The van der Waals surface area contributed by atoms with Crippen LogP contribution in [0, 0.1) is 17.8 Å². The van der Waals surface area contributed by atoms with Gasteiger partial charge in [-0.3, -0.25) is 4.79 Å². The average Bonchev–Trinajstić information content (AvgIpc) is 3.09. The molecule has 126 valence electrons. The summed E-state index contributed by atoms with van der Waals surface area (Å²) < 4.78 is 22.4. The summed E-state index contributed by atoms with van der Waals surface area (Å²) in [6.07, 6.45) is 6.57. The van der Waals surface area contributed by atoms with Gasteiger partial charge < -0.3 is 5.32 Å². The van der Waals surface area contributed by atoms with Crippen molar-refractivity contribution < 1.29 is 13.2 Å². The number of nitrogens with one attached hydrogen (secondary N) is 1. The lowest BCUT2D eigenvalue weighted by Crippen LogP contribution is -2.29. The molecule has 0 heterocycles. The van der Waals surface area contributed by atoms with Crippen molar-refractivity contribution in [3.8, 4) is 0 Å². The summed E-state index contributed by atoms with van der Waals surface area (Å²) in [5, 5.41) is 8.05. The molecule has 2 saturated carbocycles. The highest BCUT2D eigenvalue weighted by molar-refractivity contribution is 7.89. The molecule has 1 aromatic rings. The maximum absolute atomic E-state index is 12.0. The van der Waals surface area contributed by atoms with Gasteiger partial charge >= 0.3 is 0 Å². The third-order valence-corrected chi connectivity index (χ3v) is 6.25. The summed E-state index contributed by atoms with van der Waals surface area (Å²) in [6.45, 7) is 0.578. The Morgan fingerprint density at radius 3 is 2.48 bits per heavy atom. The molecule has 0 radical (unpaired) electrons. The van der Waals surface area contributed by atoms with Gasteiger partial charge in [-0.1, -0.05) is 18.6 Å². The second-order valence-electron chi connectivity index (χ2n) is 6.93. The smallest absolute Gasteiger partial charge is 0.238 e. The molecule has 2 aliphatic rings. The van der Waals surface area contributed by atoms with Crippen LogP contribution in [0.2, 0.25) is 0 Å². The summed E-state index contributed by atoms with van der Waals surface area (Å²) in [5.41, 5.74) is 0.984. The maximum Gasteiger partial charge on any atom is 0.238 e. The van der Waals surface area contributed by atoms with Crippen LogP contribution in [-0.4, -0.2) is 20.9 Å². The SMILES string of the molecule is NS(=O)(=O)c1ccc(CCNC(=O)C[C@@H]2C[C@H]3CC[C@H]2C3)cc1. The third kappa shape index (κ3) is 4.12. The summed E-state index contributed by atoms with van der Waals surface area (Å²) in [4.78, 5) is 12.2. The van der Waals surface area contributed by atoms with Crippen molar-refractivity contribution in [3.05, 3.63) is 29.8 Å². The Bertz CT molecular complexity index is 670. The van der Waals surface area contributed by atoms with Crippen molar-refractivity contribution in [2.75, 3.05) is 6.54 Å². The molecule has 3 atom stereocenters. The summed E-state index contributed by atoms with van der Waals surface area (Å²) in [6, 6.07) is 6.48. The van der Waals surface area contributed by atoms with E-state index in [-0.39, 0.29) is 10.8 Å². The predicted octanol–water partition coefficient (Wildman–Crippen LogP) is 1.82. The first-order chi connectivity index (χ1) is 10.9. The molecule has 3 N–H and O–H groups in total. The van der Waals surface area contributed by atoms with E-state index in [0.29, 0.717) is 25.3 Å². The van der Waals surface area contributed by atoms with E-state index < -0.39 is 10.0 Å². The lowest BCUT2D eigenvalue weighted by molar-refractivity contribution is -0.122. The van der Waals surface area contributed by atoms with Crippen LogP contribution in [0.5, 0.6) is 0 Å². The molecule has 6 heteroatoms. The van der Waals surface area contributed by atoms with Crippen LogP contribution in [0.4, 0.5) is 0 Å². The number of carbonyl (C=O) groups is 1. The van der Waals surface area contributed by atoms with E-state index in [2.05, 4.69) is 5.32 Å². The Kier molecular flexibility index (Phi) is 4.73. The fourth-order valence-electron chi connectivity index (χ4n) is 4.13. The molecule has 5 nitrogen and oxygen atoms in total. The van der Waals surface area contributed by atoms with Crippen molar-refractivity contribution in [2.24, 2.45) is 22.9 Å². The second kappa shape index (κ2) is 6.61. The van der Waals surface area contributed by atoms with E-state index in [1.807, 2.05) is 0 Å². The molecule has 2 aliphatic carbocycles. The van der Waals surface area contributed by atoms with Crippen LogP contribution in [0.25, 0.3) is 0 Å². The van der Waals surface area contributed by atoms with Crippen molar-refractivity contribution in [3.63, 3.8) is 0 Å². The molecule has 1 aromatic carbocycles. The first-order valence-corrected chi connectivity index (χ1v) is 9.85. The van der Waals surface area contributed by atoms with Gasteiger partial charge in [0.2, 0.25) is 15.9 Å². The number of amides is 1. The van der Waals surface area contributed by atoms with Crippen LogP contribution >= 0.6 is 0 Å². The van der Waals surface area contributed by atoms with E-state index in [9.17, 15) is 13.2 Å². The van der Waals surface area contributed by atoms with Gasteiger partial charge in [-0.25, -0.2) is 13.6 Å². The molecule has 1 amide bonds. The molecule has 0 unspecified atom stereocenters. The van der Waals surface area contributed by atoms with Gasteiger partial charge in [0.05, 0.1) is 4.90 Å². The predicted molar refractivity (Wildman–Crippen MR) is 88.1 cm³/mol. The minimum absolute atomic E-state index is 0.113. The van der Waals surface area contributed by atoms with Crippen LogP contribution in [0.3, 0.4) is 0 Å². The number of nitrogens with two attached hydrogens (primary N) is 1. The van der Waals surface area contributed by atoms with Gasteiger partial charge in [-0.2, -0.15) is 0 Å². The number of hydrogen-bond acceptors (Lipinski definition) is 3. The number of sulfonamides is 1. The molecule has 0 spiro atoms. The Morgan fingerprint density at radius 2 is 1.91 bits per heavy atom. The largest absolute Gasteiger partial charge is 0.356 e. The van der Waals surface area contributed by atoms with Crippen LogP contribution in [-0.2, 0) is 21.2 Å². The monoisotopic (exact) mass is 336 g/mol. The molecule has 0 saturated heterocycles. The normalized spacial score (nSPS) is 26.4. The molecule has 2 bridgehead atoms. The van der Waals surface area contributed by atoms with E-state index in [1.165, 1.54) is 37.8 Å². The number of primary sulfonamides is 1. The van der Waals surface area contributed by atoms with Crippen LogP contribution in [0.15, 0.2) is 29.2 Å². The Morgan fingerprint density at radius 1 is 1.17 bits per heavy atom. The first kappa shape index (κ1) is 16.5. The van der Waals surface area contributed by atoms with Gasteiger partial charge in [0.25, 0.3) is 0 Å². The summed E-state index contributed by atoms with van der Waals surface area (Å²) in [5.74, 6) is 2.37. The molecule has 0 aliphatic heterocycles. The minimum Gasteiger partial charge on any atom is -0.356 e. The second-order valence-corrected chi connectivity index (χ2v) is 8.49. The lowest BCUT2D eigenvalue weighted by Gasteiger charge is -2.20. The zero-order valence-corrected chi connectivity index (χ0v) is 14.0. The fourth-order valence-corrected chi connectivity index (χ4v) is 4.64. The number of fused-ring (bicyclic) bond motifs is 2. The van der Waals surface area contributed by atoms with Gasteiger partial charge in [-0.05, 0) is 61.1 Å². The average molecular weight is 336 g/mol. The van der Waals surface area contributed by atoms with E-state index in [4.69, 9.17) is 5.14 Å². The highest BCUT2D eigenvalue weighted by atomic mass is 32.2. The summed E-state index contributed by atoms with van der Waals surface area (Å²) >= 11 is 0. The lowest BCUT2D eigenvalue weighted by atomic mass is 9.86. The van der Waals surface area contributed by atoms with Gasteiger partial charge in [-0.15, -0.1) is 0 Å². The van der Waals surface area contributed by atoms with Gasteiger partial charge in [0, 0.05) is 13.0 Å². The standard InChI is InChI=1S/C17H24N2O3S/c18-23(21,22)16-5-2-12(3-6-16)7-8-19-17(20)11-15-10-13-1-4-14(15)9-13/h2-3,5-6,13-15H,1,4,7-11H2,(H,19,20)(H2,18,21,22)/t13-,14-,15-/m0/s1. The Hall–Kier alpha value is -1.40. The maximum atomic E-state index is 12.0. The van der Waals surface area contributed by atoms with Crippen LogP contribution in [0.1, 0.15) is 37.7 Å². The quantitative estimate of drug-likeness (QED) is 0.830. The molecule has 2 fully saturated rings. The van der Waals surface area contributed by atoms with Gasteiger partial charge in [0.15, 0.2) is 0 Å². The number of carbonyl (C=O) groups excluding carboxylic acids is 1. The molecule has 3 rings (SSSR count). The molecule has 0 aromatic heterocycles. The van der Waals surface area contributed by atoms with Gasteiger partial charge in [0.1, 0.15) is 0 Å². The zero-order chi connectivity index (χ0) is 16.4. The highest BCUT2D eigenvalue weighted by Gasteiger charge is 2.39. The van der Waals surface area contributed by atoms with Crippen molar-refractivity contribution in [1.82, 2.24) is 5.32 Å². The molecular formula is C17H24N2O3S. The zero-order valence-electron chi connectivity index (χ0n) is 13.2. The number of hydrogen-bond donors (Lipinski definition) is 2. The van der Waals surface area contributed by atoms with Crippen LogP contribution < -0.4 is 10.5 Å². The topological polar surface area (TPSA) is 89.3 Å². The molecular weight excluding hydrogens is 312 g/mol. The number of rotatable bonds is 6. The summed E-state index contributed by atoms with van der Waals surface area (Å²) in [7, 11) is -3.64. The molecule has 23 heavy (non-hydrogen) atoms. The Balaban J connectivity index is 1.41. The first-order valence-electron chi connectivity index (χ1n) is 8.30. The van der Waals surface area contributed by atoms with E-state index >= 15 is 0 Å². The van der Waals surface area contributed by atoms with E-state index in [1.54, 1.807) is 12.1 Å². The Labute approximate surface area is 137 Å². The van der Waals surface area contributed by atoms with E-state index in [0.717, 1.165) is 17.4 Å². The fraction of sp³-hybridized carbons (Fsp3) is 0.588. The van der Waals surface area contributed by atoms with Crippen molar-refractivity contribution in [2.45, 2.75) is 43.4 Å². The van der Waals surface area contributed by atoms with Crippen molar-refractivity contribution in [1.29, 1.82) is 0 Å². The van der Waals surface area contributed by atoms with Crippen molar-refractivity contribution >= 4 is 15.9 Å². The highest BCUT2D eigenvalue weighted by Crippen LogP contribution is 2.49. The third-order valence-electron chi connectivity index (χ3n) is 5.32. The number of benzene rings is 1.